The van der Waals surface area contributed by atoms with Gasteiger partial charge in [0, 0.05) is 22.0 Å². The van der Waals surface area contributed by atoms with Crippen molar-refractivity contribution in [2.75, 3.05) is 0 Å². The van der Waals surface area contributed by atoms with E-state index in [0.717, 1.165) is 0 Å². The van der Waals surface area contributed by atoms with Gasteiger partial charge in [-0.15, -0.1) is 0 Å². The topological polar surface area (TPSA) is 76.3 Å². The Hall–Kier alpha value is -2.87. The summed E-state index contributed by atoms with van der Waals surface area (Å²) in [5, 5.41) is 8.74. The normalized spacial score (nSPS) is 11.2. The standard InChI is InChI=1S/C18H14BrFN4O2/c1-2-24-18(26)14-6-4-3-5-13(14)16(23-24)17(25)22-21-10-11-9-12(19)7-8-15(11)20/h3-10H,2H2,1H3,(H,22,25)/b21-10+. The first-order valence-corrected chi connectivity index (χ1v) is 8.59. The minimum atomic E-state index is -0.588. The second kappa shape index (κ2) is 7.57. The molecule has 0 aliphatic carbocycles. The Kier molecular flexibility index (Phi) is 5.22. The van der Waals surface area contributed by atoms with Gasteiger partial charge in [0.25, 0.3) is 11.5 Å². The van der Waals surface area contributed by atoms with Crippen molar-refractivity contribution in [1.82, 2.24) is 15.2 Å². The lowest BCUT2D eigenvalue weighted by Crippen LogP contribution is -2.28. The van der Waals surface area contributed by atoms with Gasteiger partial charge in [0.2, 0.25) is 0 Å². The Morgan fingerprint density at radius 3 is 2.77 bits per heavy atom. The van der Waals surface area contributed by atoms with Gasteiger partial charge in [-0.25, -0.2) is 14.5 Å². The molecule has 0 unspecified atom stereocenters. The third-order valence-electron chi connectivity index (χ3n) is 3.71. The molecule has 0 saturated carbocycles. The first-order chi connectivity index (χ1) is 12.5. The van der Waals surface area contributed by atoms with Crippen LogP contribution in [0.1, 0.15) is 23.0 Å². The number of hydrogen-bond acceptors (Lipinski definition) is 4. The average Bonchev–Trinajstić information content (AvgIpc) is 2.65. The fourth-order valence-electron chi connectivity index (χ4n) is 2.44. The highest BCUT2D eigenvalue weighted by atomic mass is 79.9. The monoisotopic (exact) mass is 416 g/mol. The second-order valence-electron chi connectivity index (χ2n) is 5.38. The fraction of sp³-hybridized carbons (Fsp3) is 0.111. The van der Waals surface area contributed by atoms with Crippen LogP contribution < -0.4 is 11.0 Å². The number of hydrazone groups is 1. The molecule has 132 valence electrons. The van der Waals surface area contributed by atoms with Gasteiger partial charge in [-0.05, 0) is 31.2 Å². The minimum Gasteiger partial charge on any atom is -0.267 e. The lowest BCUT2D eigenvalue weighted by Gasteiger charge is -2.08. The third kappa shape index (κ3) is 3.55. The minimum absolute atomic E-state index is 0.0777. The molecule has 6 nitrogen and oxygen atoms in total. The third-order valence-corrected chi connectivity index (χ3v) is 4.20. The summed E-state index contributed by atoms with van der Waals surface area (Å²) in [6, 6.07) is 11.1. The zero-order valence-corrected chi connectivity index (χ0v) is 15.3. The summed E-state index contributed by atoms with van der Waals surface area (Å²) in [5.74, 6) is -1.05. The number of rotatable bonds is 4. The van der Waals surface area contributed by atoms with Crippen molar-refractivity contribution in [3.8, 4) is 0 Å². The van der Waals surface area contributed by atoms with Crippen LogP contribution in [0.25, 0.3) is 10.8 Å². The zero-order chi connectivity index (χ0) is 18.7. The first-order valence-electron chi connectivity index (χ1n) is 7.79. The van der Waals surface area contributed by atoms with Gasteiger partial charge in [0.15, 0.2) is 5.69 Å². The van der Waals surface area contributed by atoms with E-state index in [9.17, 15) is 14.0 Å². The van der Waals surface area contributed by atoms with Crippen LogP contribution in [0.3, 0.4) is 0 Å². The van der Waals surface area contributed by atoms with Crippen LogP contribution in [0.4, 0.5) is 4.39 Å². The molecule has 3 aromatic rings. The molecule has 0 aliphatic rings. The predicted octanol–water partition coefficient (Wildman–Crippen LogP) is 3.08. The maximum atomic E-state index is 13.7. The van der Waals surface area contributed by atoms with Crippen molar-refractivity contribution in [3.05, 3.63) is 74.4 Å². The van der Waals surface area contributed by atoms with E-state index in [-0.39, 0.29) is 16.8 Å². The lowest BCUT2D eigenvalue weighted by molar-refractivity contribution is 0.0949. The van der Waals surface area contributed by atoms with E-state index in [0.29, 0.717) is 21.8 Å². The number of carbonyl (C=O) groups excluding carboxylic acids is 1. The lowest BCUT2D eigenvalue weighted by atomic mass is 10.1. The molecule has 0 saturated heterocycles. The number of benzene rings is 2. The molecule has 0 aliphatic heterocycles. The van der Waals surface area contributed by atoms with Crippen molar-refractivity contribution >= 4 is 38.8 Å². The van der Waals surface area contributed by atoms with Crippen LogP contribution in [0, 0.1) is 5.82 Å². The number of nitrogens with one attached hydrogen (secondary N) is 1. The van der Waals surface area contributed by atoms with E-state index in [4.69, 9.17) is 0 Å². The number of halogens is 2. The Labute approximate surface area is 156 Å². The van der Waals surface area contributed by atoms with E-state index in [1.165, 1.54) is 23.0 Å². The van der Waals surface area contributed by atoms with Crippen molar-refractivity contribution in [2.45, 2.75) is 13.5 Å². The average molecular weight is 417 g/mol. The second-order valence-corrected chi connectivity index (χ2v) is 6.30. The molecular weight excluding hydrogens is 403 g/mol. The molecule has 8 heteroatoms. The van der Waals surface area contributed by atoms with Crippen LogP contribution in [0.2, 0.25) is 0 Å². The SMILES string of the molecule is CCn1nc(C(=O)N/N=C/c2cc(Br)ccc2F)c2ccccc2c1=O. The molecule has 0 spiro atoms. The predicted molar refractivity (Wildman–Crippen MR) is 101 cm³/mol. The van der Waals surface area contributed by atoms with Crippen molar-refractivity contribution in [1.29, 1.82) is 0 Å². The highest BCUT2D eigenvalue weighted by molar-refractivity contribution is 9.10. The molecular formula is C18H14BrFN4O2. The van der Waals surface area contributed by atoms with Gasteiger partial charge in [0.05, 0.1) is 11.6 Å². The summed E-state index contributed by atoms with van der Waals surface area (Å²) < 4.78 is 15.6. The van der Waals surface area contributed by atoms with E-state index in [1.54, 1.807) is 37.3 Å². The molecule has 3 rings (SSSR count). The molecule has 1 N–H and O–H groups in total. The van der Waals surface area contributed by atoms with Gasteiger partial charge in [-0.1, -0.05) is 34.1 Å². The molecule has 0 bridgehead atoms. The van der Waals surface area contributed by atoms with Crippen molar-refractivity contribution in [2.24, 2.45) is 5.10 Å². The van der Waals surface area contributed by atoms with Crippen molar-refractivity contribution < 1.29 is 9.18 Å². The Balaban J connectivity index is 1.93. The fourth-order valence-corrected chi connectivity index (χ4v) is 2.82. The number of amides is 1. The molecule has 26 heavy (non-hydrogen) atoms. The molecule has 1 aromatic heterocycles. The number of carbonyl (C=O) groups is 1. The van der Waals surface area contributed by atoms with Crippen LogP contribution in [-0.4, -0.2) is 21.9 Å². The molecule has 0 atom stereocenters. The van der Waals surface area contributed by atoms with E-state index in [2.05, 4.69) is 31.6 Å². The summed E-state index contributed by atoms with van der Waals surface area (Å²) in [6.07, 6.45) is 1.20. The van der Waals surface area contributed by atoms with Gasteiger partial charge in [-0.3, -0.25) is 9.59 Å². The van der Waals surface area contributed by atoms with Gasteiger partial charge < -0.3 is 0 Å². The van der Waals surface area contributed by atoms with Crippen molar-refractivity contribution in [3.63, 3.8) is 0 Å². The van der Waals surface area contributed by atoms with E-state index in [1.807, 2.05) is 0 Å². The number of aryl methyl sites for hydroxylation is 1. The van der Waals surface area contributed by atoms with Gasteiger partial charge >= 0.3 is 0 Å². The Morgan fingerprint density at radius 2 is 2.04 bits per heavy atom. The van der Waals surface area contributed by atoms with Crippen LogP contribution in [0.15, 0.2) is 56.8 Å². The zero-order valence-electron chi connectivity index (χ0n) is 13.7. The number of nitrogens with zero attached hydrogens (tertiary/aromatic N) is 3. The van der Waals surface area contributed by atoms with E-state index < -0.39 is 11.7 Å². The number of aromatic nitrogens is 2. The Morgan fingerprint density at radius 1 is 1.31 bits per heavy atom. The number of hydrogen-bond donors (Lipinski definition) is 1. The molecule has 2 aromatic carbocycles. The summed E-state index contributed by atoms with van der Waals surface area (Å²) in [4.78, 5) is 24.8. The highest BCUT2D eigenvalue weighted by Gasteiger charge is 2.15. The summed E-state index contributed by atoms with van der Waals surface area (Å²) in [7, 11) is 0. The molecule has 0 fully saturated rings. The Bertz CT molecular complexity index is 1080. The summed E-state index contributed by atoms with van der Waals surface area (Å²) in [5.41, 5.74) is 2.36. The quantitative estimate of drug-likeness (QED) is 0.524. The smallest absolute Gasteiger partial charge is 0.267 e. The first kappa shape index (κ1) is 17.9. The number of fused-ring (bicyclic) bond motifs is 1. The van der Waals surface area contributed by atoms with Gasteiger partial charge in [0.1, 0.15) is 5.82 Å². The highest BCUT2D eigenvalue weighted by Crippen LogP contribution is 2.15. The summed E-state index contributed by atoms with van der Waals surface area (Å²) >= 11 is 3.25. The summed E-state index contributed by atoms with van der Waals surface area (Å²) in [6.45, 7) is 2.09. The van der Waals surface area contributed by atoms with Crippen LogP contribution in [0.5, 0.6) is 0 Å². The molecule has 1 heterocycles. The molecule has 0 radical (unpaired) electrons. The van der Waals surface area contributed by atoms with Crippen LogP contribution in [-0.2, 0) is 6.54 Å². The van der Waals surface area contributed by atoms with Crippen LogP contribution >= 0.6 is 15.9 Å². The maximum Gasteiger partial charge on any atom is 0.292 e. The largest absolute Gasteiger partial charge is 0.292 e. The maximum absolute atomic E-state index is 13.7. The van der Waals surface area contributed by atoms with E-state index >= 15 is 0 Å². The molecule has 1 amide bonds. The van der Waals surface area contributed by atoms with Gasteiger partial charge in [-0.2, -0.15) is 10.2 Å².